The average Bonchev–Trinajstić information content (AvgIpc) is 2.76. The van der Waals surface area contributed by atoms with Crippen molar-refractivity contribution in [2.75, 3.05) is 10.0 Å². The van der Waals surface area contributed by atoms with E-state index in [1.807, 2.05) is 0 Å². The summed E-state index contributed by atoms with van der Waals surface area (Å²) in [5, 5.41) is 24.9. The molecule has 0 aliphatic rings. The van der Waals surface area contributed by atoms with Crippen LogP contribution in [0.1, 0.15) is 15.9 Å². The minimum Gasteiger partial charge on any atom is -0.321 e. The lowest BCUT2D eigenvalue weighted by Gasteiger charge is -2.13. The molecule has 11 nitrogen and oxygen atoms in total. The van der Waals surface area contributed by atoms with E-state index < -0.39 is 46.9 Å². The lowest BCUT2D eigenvalue weighted by atomic mass is 10.1. The molecule has 14 heteroatoms. The highest BCUT2D eigenvalue weighted by molar-refractivity contribution is 7.92. The Morgan fingerprint density at radius 3 is 2.18 bits per heavy atom. The monoisotopic (exact) mass is 524 g/mol. The van der Waals surface area contributed by atoms with E-state index in [9.17, 15) is 33.4 Å². The van der Waals surface area contributed by atoms with Crippen LogP contribution < -0.4 is 10.0 Å². The molecule has 0 aliphatic heterocycles. The third-order valence-electron chi connectivity index (χ3n) is 4.56. The number of sulfonamides is 1. The molecule has 0 spiro atoms. The van der Waals surface area contributed by atoms with Crippen LogP contribution in [0.3, 0.4) is 0 Å². The molecule has 0 saturated carbocycles. The summed E-state index contributed by atoms with van der Waals surface area (Å²) in [4.78, 5) is 33.0. The molecule has 0 unspecified atom stereocenters. The summed E-state index contributed by atoms with van der Waals surface area (Å²) in [5.74, 6) is -0.925. The van der Waals surface area contributed by atoms with Gasteiger partial charge in [-0.1, -0.05) is 29.3 Å². The molecule has 176 valence electrons. The SMILES string of the molecule is Cc1ccc([N+](=O)[O-])cc1NC(=O)c1cc(S(=O)(=O)Nc2ccc(Cl)cc2)c([N+](=O)[O-])cc1Cl. The Bertz CT molecular complexity index is 1430. The maximum absolute atomic E-state index is 12.9. The molecule has 0 heterocycles. The third-order valence-corrected chi connectivity index (χ3v) is 6.53. The maximum Gasteiger partial charge on any atom is 0.291 e. The van der Waals surface area contributed by atoms with Gasteiger partial charge in [-0.25, -0.2) is 8.42 Å². The van der Waals surface area contributed by atoms with E-state index in [2.05, 4.69) is 10.0 Å². The van der Waals surface area contributed by atoms with Crippen molar-refractivity contribution in [2.24, 2.45) is 0 Å². The van der Waals surface area contributed by atoms with Crippen LogP contribution in [0.15, 0.2) is 59.5 Å². The third kappa shape index (κ3) is 5.42. The van der Waals surface area contributed by atoms with E-state index in [-0.39, 0.29) is 17.1 Å². The van der Waals surface area contributed by atoms with Crippen LogP contribution in [0.4, 0.5) is 22.7 Å². The first-order chi connectivity index (χ1) is 15.9. The standard InChI is InChI=1S/C20H14Cl2N4O7S/c1-11-2-7-14(25(28)29)8-17(11)23-20(27)15-9-19(18(26(30)31)10-16(15)22)34(32,33)24-13-5-3-12(21)4-6-13/h2-10,24H,1H3,(H,23,27). The van der Waals surface area contributed by atoms with Crippen LogP contribution >= 0.6 is 23.2 Å². The Hall–Kier alpha value is -3.74. The number of nitro groups is 2. The second-order valence-electron chi connectivity index (χ2n) is 6.88. The molecule has 3 aromatic carbocycles. The summed E-state index contributed by atoms with van der Waals surface area (Å²) in [6.07, 6.45) is 0. The Morgan fingerprint density at radius 2 is 1.59 bits per heavy atom. The van der Waals surface area contributed by atoms with Gasteiger partial charge in [-0.3, -0.25) is 29.7 Å². The predicted molar refractivity (Wildman–Crippen MR) is 126 cm³/mol. The number of rotatable bonds is 7. The van der Waals surface area contributed by atoms with Gasteiger partial charge in [0.2, 0.25) is 0 Å². The number of carbonyl (C=O) groups is 1. The first-order valence-corrected chi connectivity index (χ1v) is 11.5. The molecule has 0 atom stereocenters. The van der Waals surface area contributed by atoms with Crippen molar-refractivity contribution in [3.63, 3.8) is 0 Å². The van der Waals surface area contributed by atoms with E-state index >= 15 is 0 Å². The van der Waals surface area contributed by atoms with E-state index in [1.54, 1.807) is 6.92 Å². The number of amides is 1. The van der Waals surface area contributed by atoms with E-state index in [0.29, 0.717) is 10.6 Å². The van der Waals surface area contributed by atoms with Crippen molar-refractivity contribution >= 4 is 61.9 Å². The second-order valence-corrected chi connectivity index (χ2v) is 9.37. The minimum atomic E-state index is -4.54. The number of benzene rings is 3. The number of nitrogens with zero attached hydrogens (tertiary/aromatic N) is 2. The summed E-state index contributed by atoms with van der Waals surface area (Å²) in [7, 11) is -4.54. The van der Waals surface area contributed by atoms with Crippen LogP contribution in [0, 0.1) is 27.2 Å². The second kappa shape index (κ2) is 9.63. The largest absolute Gasteiger partial charge is 0.321 e. The first kappa shape index (κ1) is 24.9. The van der Waals surface area contributed by atoms with Gasteiger partial charge in [0.25, 0.3) is 27.3 Å². The Kier molecular flexibility index (Phi) is 7.05. The Balaban J connectivity index is 2.04. The normalized spacial score (nSPS) is 11.0. The maximum atomic E-state index is 12.9. The molecule has 0 aliphatic carbocycles. The smallest absolute Gasteiger partial charge is 0.291 e. The van der Waals surface area contributed by atoms with Crippen molar-refractivity contribution in [2.45, 2.75) is 11.8 Å². The van der Waals surface area contributed by atoms with Crippen LogP contribution in [0.2, 0.25) is 10.0 Å². The Labute approximate surface area is 202 Å². The molecule has 0 fully saturated rings. The number of non-ortho nitro benzene ring substituents is 1. The number of aryl methyl sites for hydroxylation is 1. The summed E-state index contributed by atoms with van der Waals surface area (Å²) < 4.78 is 28.0. The zero-order valence-electron chi connectivity index (χ0n) is 17.1. The molecular weight excluding hydrogens is 511 g/mol. The van der Waals surface area contributed by atoms with Crippen molar-refractivity contribution in [1.82, 2.24) is 0 Å². The average molecular weight is 525 g/mol. The van der Waals surface area contributed by atoms with E-state index in [0.717, 1.165) is 18.2 Å². The number of anilines is 2. The molecule has 34 heavy (non-hydrogen) atoms. The van der Waals surface area contributed by atoms with Gasteiger partial charge in [0.1, 0.15) is 0 Å². The lowest BCUT2D eigenvalue weighted by Crippen LogP contribution is -2.18. The van der Waals surface area contributed by atoms with Gasteiger partial charge in [-0.2, -0.15) is 0 Å². The minimum absolute atomic E-state index is 0.0758. The predicted octanol–water partition coefficient (Wildman–Crippen LogP) is 5.17. The zero-order valence-corrected chi connectivity index (χ0v) is 19.4. The fourth-order valence-corrected chi connectivity index (χ4v) is 4.46. The van der Waals surface area contributed by atoms with E-state index in [4.69, 9.17) is 23.2 Å². The summed E-state index contributed by atoms with van der Waals surface area (Å²) in [6, 6.07) is 10.8. The fourth-order valence-electron chi connectivity index (χ4n) is 2.85. The Morgan fingerprint density at radius 1 is 0.941 bits per heavy atom. The zero-order chi connectivity index (χ0) is 25.2. The highest BCUT2D eigenvalue weighted by atomic mass is 35.5. The van der Waals surface area contributed by atoms with Crippen molar-refractivity contribution in [1.29, 1.82) is 0 Å². The summed E-state index contributed by atoms with van der Waals surface area (Å²) in [6.45, 7) is 1.59. The van der Waals surface area contributed by atoms with Crippen molar-refractivity contribution < 1.29 is 23.1 Å². The quantitative estimate of drug-likeness (QED) is 0.318. The molecule has 3 rings (SSSR count). The van der Waals surface area contributed by atoms with Crippen molar-refractivity contribution in [3.8, 4) is 0 Å². The molecule has 3 aromatic rings. The topological polar surface area (TPSA) is 162 Å². The first-order valence-electron chi connectivity index (χ1n) is 9.22. The number of nitrogens with one attached hydrogen (secondary N) is 2. The van der Waals surface area contributed by atoms with Crippen LogP contribution in [0.25, 0.3) is 0 Å². The van der Waals surface area contributed by atoms with E-state index in [1.165, 1.54) is 36.4 Å². The summed E-state index contributed by atoms with van der Waals surface area (Å²) in [5.41, 5.74) is -0.895. The van der Waals surface area contributed by atoms with Gasteiger partial charge in [0.05, 0.1) is 26.1 Å². The van der Waals surface area contributed by atoms with Gasteiger partial charge in [0.15, 0.2) is 4.90 Å². The highest BCUT2D eigenvalue weighted by Crippen LogP contribution is 2.33. The summed E-state index contributed by atoms with van der Waals surface area (Å²) >= 11 is 11.8. The molecule has 0 saturated heterocycles. The number of hydrogen-bond acceptors (Lipinski definition) is 7. The number of nitro benzene ring substituents is 2. The number of hydrogen-bond donors (Lipinski definition) is 2. The number of carbonyl (C=O) groups excluding carboxylic acids is 1. The van der Waals surface area contributed by atoms with Crippen LogP contribution in [-0.4, -0.2) is 24.2 Å². The molecular formula is C20H14Cl2N4O7S. The number of halogens is 2. The van der Waals surface area contributed by atoms with Crippen molar-refractivity contribution in [3.05, 3.63) is 96.0 Å². The molecule has 0 radical (unpaired) electrons. The van der Waals surface area contributed by atoms with Crippen LogP contribution in [0.5, 0.6) is 0 Å². The van der Waals surface area contributed by atoms with Gasteiger partial charge in [-0.15, -0.1) is 0 Å². The molecule has 1 amide bonds. The lowest BCUT2D eigenvalue weighted by molar-refractivity contribution is -0.387. The molecule has 2 N–H and O–H groups in total. The molecule has 0 aromatic heterocycles. The van der Waals surface area contributed by atoms with Crippen LogP contribution in [-0.2, 0) is 10.0 Å². The van der Waals surface area contributed by atoms with Gasteiger partial charge >= 0.3 is 0 Å². The highest BCUT2D eigenvalue weighted by Gasteiger charge is 2.30. The van der Waals surface area contributed by atoms with Gasteiger partial charge < -0.3 is 5.32 Å². The fraction of sp³-hybridized carbons (Fsp3) is 0.0500. The van der Waals surface area contributed by atoms with Gasteiger partial charge in [-0.05, 0) is 42.8 Å². The van der Waals surface area contributed by atoms with Gasteiger partial charge in [0, 0.05) is 28.9 Å². The molecule has 0 bridgehead atoms.